The Morgan fingerprint density at radius 3 is 2.37 bits per heavy atom. The number of carboxylic acids is 1. The minimum Gasteiger partial charge on any atom is -0.481 e. The van der Waals surface area contributed by atoms with Gasteiger partial charge in [0.15, 0.2) is 0 Å². The van der Waals surface area contributed by atoms with Gasteiger partial charge in [-0.1, -0.05) is 72.8 Å². The molecule has 8 atom stereocenters. The fourth-order valence-electron chi connectivity index (χ4n) is 8.90. The molecule has 4 nitrogen and oxygen atoms in total. The highest BCUT2D eigenvalue weighted by atomic mass is 16.4. The first kappa shape index (κ1) is 26.7. The molecule has 4 heteroatoms. The third-order valence-corrected chi connectivity index (χ3v) is 11.6. The number of carbonyl (C=O) groups is 1. The van der Waals surface area contributed by atoms with Crippen LogP contribution in [0.3, 0.4) is 0 Å². The second-order valence-electron chi connectivity index (χ2n) is 13.9. The van der Waals surface area contributed by atoms with Crippen molar-refractivity contribution in [2.45, 2.75) is 106 Å². The van der Waals surface area contributed by atoms with Crippen molar-refractivity contribution in [3.63, 3.8) is 0 Å². The van der Waals surface area contributed by atoms with Gasteiger partial charge in [0.05, 0.1) is 18.1 Å². The van der Waals surface area contributed by atoms with Crippen LogP contribution in [0.1, 0.15) is 93.4 Å². The molecule has 0 radical (unpaired) electrons. The van der Waals surface area contributed by atoms with Gasteiger partial charge >= 0.3 is 5.97 Å². The van der Waals surface area contributed by atoms with Crippen molar-refractivity contribution in [3.05, 3.63) is 35.5 Å². The third-order valence-electron chi connectivity index (χ3n) is 11.6. The van der Waals surface area contributed by atoms with Gasteiger partial charge in [-0.2, -0.15) is 0 Å². The molecule has 0 bridgehead atoms. The zero-order valence-electron chi connectivity index (χ0n) is 23.0. The molecule has 196 valence electrons. The Balaban J connectivity index is 1.72. The van der Waals surface area contributed by atoms with Gasteiger partial charge in [-0.3, -0.25) is 4.79 Å². The van der Waals surface area contributed by atoms with Gasteiger partial charge in [0.25, 0.3) is 0 Å². The van der Waals surface area contributed by atoms with Crippen molar-refractivity contribution in [2.75, 3.05) is 0 Å². The molecule has 3 N–H and O–H groups in total. The van der Waals surface area contributed by atoms with Crippen molar-refractivity contribution in [2.24, 2.45) is 45.3 Å². The van der Waals surface area contributed by atoms with E-state index < -0.39 is 18.0 Å². The average Bonchev–Trinajstić information content (AvgIpc) is 2.97. The first-order valence-electron chi connectivity index (χ1n) is 13.8. The van der Waals surface area contributed by atoms with E-state index >= 15 is 0 Å². The molecule has 4 rings (SSSR count). The van der Waals surface area contributed by atoms with Crippen LogP contribution in [0.2, 0.25) is 0 Å². The van der Waals surface area contributed by atoms with E-state index in [1.807, 2.05) is 0 Å². The summed E-state index contributed by atoms with van der Waals surface area (Å²) < 4.78 is 0. The Bertz CT molecular complexity index is 957. The number of aliphatic hydroxyl groups excluding tert-OH is 2. The van der Waals surface area contributed by atoms with Crippen molar-refractivity contribution in [3.8, 4) is 0 Å². The maximum Gasteiger partial charge on any atom is 0.306 e. The summed E-state index contributed by atoms with van der Waals surface area (Å²) >= 11 is 0. The molecule has 0 spiro atoms. The van der Waals surface area contributed by atoms with Crippen LogP contribution in [0.4, 0.5) is 0 Å². The van der Waals surface area contributed by atoms with Crippen molar-refractivity contribution < 1.29 is 20.1 Å². The lowest BCUT2D eigenvalue weighted by molar-refractivity contribution is -0.148. The summed E-state index contributed by atoms with van der Waals surface area (Å²) in [6.45, 7) is 19.7. The molecule has 0 aromatic rings. The lowest BCUT2D eigenvalue weighted by atomic mass is 9.44. The number of aliphatic hydroxyl groups is 2. The highest BCUT2D eigenvalue weighted by molar-refractivity contribution is 5.71. The largest absolute Gasteiger partial charge is 0.481 e. The van der Waals surface area contributed by atoms with E-state index in [4.69, 9.17) is 0 Å². The van der Waals surface area contributed by atoms with Crippen LogP contribution in [0.15, 0.2) is 35.5 Å². The van der Waals surface area contributed by atoms with Crippen LogP contribution in [0, 0.1) is 45.3 Å². The van der Waals surface area contributed by atoms with E-state index in [0.717, 1.165) is 31.3 Å². The van der Waals surface area contributed by atoms with E-state index in [0.29, 0.717) is 31.1 Å². The van der Waals surface area contributed by atoms with Gasteiger partial charge in [-0.15, -0.1) is 0 Å². The van der Waals surface area contributed by atoms with Crippen LogP contribution in [-0.2, 0) is 4.79 Å². The highest BCUT2D eigenvalue weighted by Crippen LogP contribution is 2.71. The van der Waals surface area contributed by atoms with E-state index in [1.165, 1.54) is 11.1 Å². The molecule has 4 aliphatic rings. The summed E-state index contributed by atoms with van der Waals surface area (Å²) in [6.07, 6.45) is 9.19. The molecule has 2 unspecified atom stereocenters. The second kappa shape index (κ2) is 8.58. The van der Waals surface area contributed by atoms with Gasteiger partial charge in [0.1, 0.15) is 0 Å². The van der Waals surface area contributed by atoms with Gasteiger partial charge in [0.2, 0.25) is 0 Å². The normalized spacial score (nSPS) is 42.9. The fourth-order valence-corrected chi connectivity index (χ4v) is 8.90. The van der Waals surface area contributed by atoms with Crippen molar-refractivity contribution in [1.29, 1.82) is 0 Å². The Kier molecular flexibility index (Phi) is 6.54. The smallest absolute Gasteiger partial charge is 0.306 e. The summed E-state index contributed by atoms with van der Waals surface area (Å²) in [6, 6.07) is 0. The van der Waals surface area contributed by atoms with Crippen LogP contribution >= 0.6 is 0 Å². The molecule has 0 aromatic carbocycles. The van der Waals surface area contributed by atoms with E-state index in [-0.39, 0.29) is 33.7 Å². The van der Waals surface area contributed by atoms with E-state index in [9.17, 15) is 20.1 Å². The number of fused-ring (bicyclic) bond motifs is 5. The monoisotopic (exact) mass is 484 g/mol. The Morgan fingerprint density at radius 1 is 1.11 bits per heavy atom. The Labute approximate surface area is 212 Å². The van der Waals surface area contributed by atoms with Gasteiger partial charge < -0.3 is 15.3 Å². The van der Waals surface area contributed by atoms with Crippen LogP contribution in [-0.4, -0.2) is 33.5 Å². The first-order chi connectivity index (χ1) is 16.1. The van der Waals surface area contributed by atoms with E-state index in [2.05, 4.69) is 67.2 Å². The molecule has 0 aliphatic heterocycles. The van der Waals surface area contributed by atoms with Gasteiger partial charge in [0, 0.05) is 11.3 Å². The highest BCUT2D eigenvalue weighted by Gasteiger charge is 2.66. The summed E-state index contributed by atoms with van der Waals surface area (Å²) in [7, 11) is 0. The molecular weight excluding hydrogens is 436 g/mol. The predicted molar refractivity (Wildman–Crippen MR) is 141 cm³/mol. The van der Waals surface area contributed by atoms with Crippen molar-refractivity contribution >= 4 is 5.97 Å². The molecule has 0 aromatic heterocycles. The minimum absolute atomic E-state index is 0.00139. The summed E-state index contributed by atoms with van der Waals surface area (Å²) in [5, 5.41) is 32.6. The lowest BCUT2D eigenvalue weighted by Gasteiger charge is -2.61. The molecule has 4 aliphatic carbocycles. The zero-order chi connectivity index (χ0) is 26.1. The SMILES string of the molecule is C=C(CCC(C(=O)O)[C@H]1[C@H](O)C[C@@]2(C)C3=CC[C@H]4C(C)(C)C(O)CC[C@]4(C)C3=CC[C@]12C)C(C)C. The predicted octanol–water partition coefficient (Wildman–Crippen LogP) is 6.54. The summed E-state index contributed by atoms with van der Waals surface area (Å²) in [4.78, 5) is 12.6. The summed E-state index contributed by atoms with van der Waals surface area (Å²) in [5.74, 6) is -0.966. The topological polar surface area (TPSA) is 77.8 Å². The first-order valence-corrected chi connectivity index (χ1v) is 13.8. The number of carboxylic acid groups (broad SMARTS) is 1. The molecule has 0 saturated heterocycles. The fraction of sp³-hybridized carbons (Fsp3) is 0.774. The molecular formula is C31H48O4. The van der Waals surface area contributed by atoms with Gasteiger partial charge in [-0.25, -0.2) is 0 Å². The number of allylic oxidation sites excluding steroid dienone is 5. The average molecular weight is 485 g/mol. The standard InChI is InChI=1S/C31H48O4/c1-18(2)19(3)9-10-20(27(34)35)26-23(32)17-31(8)22-11-12-24-28(4,5)25(33)14-15-29(24,6)21(22)13-16-30(26,31)7/h11,13,18,20,23-26,32-33H,3,9-10,12,14-17H2,1-2,4-8H3,(H,34,35)/t20?,23-,24+,25?,26+,29-,30-,31+/m1/s1. The van der Waals surface area contributed by atoms with Gasteiger partial charge in [-0.05, 0) is 84.2 Å². The number of hydrogen-bond acceptors (Lipinski definition) is 3. The number of rotatable bonds is 6. The lowest BCUT2D eigenvalue weighted by Crippen LogP contribution is -2.54. The third kappa shape index (κ3) is 3.72. The second-order valence-corrected chi connectivity index (χ2v) is 13.9. The van der Waals surface area contributed by atoms with Crippen LogP contribution in [0.5, 0.6) is 0 Å². The summed E-state index contributed by atoms with van der Waals surface area (Å²) in [5.41, 5.74) is 3.09. The van der Waals surface area contributed by atoms with Crippen LogP contribution < -0.4 is 0 Å². The molecule has 0 amide bonds. The van der Waals surface area contributed by atoms with Crippen molar-refractivity contribution in [1.82, 2.24) is 0 Å². The zero-order valence-corrected chi connectivity index (χ0v) is 23.0. The van der Waals surface area contributed by atoms with E-state index in [1.54, 1.807) is 0 Å². The molecule has 0 heterocycles. The Morgan fingerprint density at radius 2 is 1.77 bits per heavy atom. The molecule has 2 fully saturated rings. The Hall–Kier alpha value is -1.39. The quantitative estimate of drug-likeness (QED) is 0.374. The number of aliphatic carboxylic acids is 1. The number of hydrogen-bond donors (Lipinski definition) is 3. The molecule has 35 heavy (non-hydrogen) atoms. The van der Waals surface area contributed by atoms with Crippen LogP contribution in [0.25, 0.3) is 0 Å². The minimum atomic E-state index is -0.793. The maximum atomic E-state index is 12.6. The maximum absolute atomic E-state index is 12.6. The molecule has 2 saturated carbocycles.